The fourth-order valence-corrected chi connectivity index (χ4v) is 2.04. The lowest BCUT2D eigenvalue weighted by Crippen LogP contribution is -2.44. The monoisotopic (exact) mass is 233 g/mol. The molecule has 1 aliphatic rings. The molecule has 17 heavy (non-hydrogen) atoms. The van der Waals surface area contributed by atoms with E-state index < -0.39 is 6.04 Å². The van der Waals surface area contributed by atoms with Gasteiger partial charge in [-0.3, -0.25) is 9.78 Å². The first-order chi connectivity index (χ1) is 8.11. The third kappa shape index (κ3) is 2.64. The zero-order valence-corrected chi connectivity index (χ0v) is 10.3. The first-order valence-corrected chi connectivity index (χ1v) is 6.10. The minimum absolute atomic E-state index is 0.00204. The van der Waals surface area contributed by atoms with Crippen LogP contribution in [0.2, 0.25) is 0 Å². The Bertz CT molecular complexity index is 387. The van der Waals surface area contributed by atoms with Crippen LogP contribution >= 0.6 is 0 Å². The summed E-state index contributed by atoms with van der Waals surface area (Å²) in [4.78, 5) is 18.3. The molecule has 1 saturated carbocycles. The Morgan fingerprint density at radius 1 is 1.47 bits per heavy atom. The van der Waals surface area contributed by atoms with Gasteiger partial charge in [-0.15, -0.1) is 0 Å². The number of carbonyl (C=O) groups is 1. The summed E-state index contributed by atoms with van der Waals surface area (Å²) in [5, 5.41) is 0. The van der Waals surface area contributed by atoms with Crippen molar-refractivity contribution in [3.63, 3.8) is 0 Å². The van der Waals surface area contributed by atoms with Gasteiger partial charge in [0, 0.05) is 12.2 Å². The van der Waals surface area contributed by atoms with E-state index in [4.69, 9.17) is 5.73 Å². The molecule has 1 aromatic heterocycles. The van der Waals surface area contributed by atoms with Gasteiger partial charge in [-0.05, 0) is 38.8 Å². The van der Waals surface area contributed by atoms with Crippen LogP contribution in [0.5, 0.6) is 0 Å². The lowest BCUT2D eigenvalue weighted by Gasteiger charge is -2.30. The van der Waals surface area contributed by atoms with Crippen molar-refractivity contribution in [2.75, 3.05) is 0 Å². The number of hydrogen-bond donors (Lipinski definition) is 1. The highest BCUT2D eigenvalue weighted by molar-refractivity contribution is 5.82. The SMILES string of the molecule is CC(c1ccccn1)N(C(=O)[C@H](C)N)C1CC1. The van der Waals surface area contributed by atoms with E-state index >= 15 is 0 Å². The maximum atomic E-state index is 12.1. The summed E-state index contributed by atoms with van der Waals surface area (Å²) in [5.41, 5.74) is 6.63. The van der Waals surface area contributed by atoms with Crippen LogP contribution in [0.3, 0.4) is 0 Å². The molecule has 0 radical (unpaired) electrons. The number of hydrogen-bond acceptors (Lipinski definition) is 3. The van der Waals surface area contributed by atoms with E-state index in [1.807, 2.05) is 30.0 Å². The lowest BCUT2D eigenvalue weighted by atomic mass is 10.1. The first kappa shape index (κ1) is 12.0. The standard InChI is InChI=1S/C13H19N3O/c1-9(14)13(17)16(11-6-7-11)10(2)12-5-3-4-8-15-12/h3-5,8-11H,6-7,14H2,1-2H3/t9-,10?/m0/s1. The first-order valence-electron chi connectivity index (χ1n) is 6.10. The molecule has 0 bridgehead atoms. The Balaban J connectivity index is 2.19. The molecular formula is C13H19N3O. The van der Waals surface area contributed by atoms with Crippen LogP contribution in [-0.4, -0.2) is 27.9 Å². The van der Waals surface area contributed by atoms with Gasteiger partial charge in [0.15, 0.2) is 0 Å². The zero-order chi connectivity index (χ0) is 12.4. The Morgan fingerprint density at radius 2 is 2.18 bits per heavy atom. The average Bonchev–Trinajstić information content (AvgIpc) is 3.14. The van der Waals surface area contributed by atoms with Crippen molar-refractivity contribution in [2.45, 2.75) is 44.8 Å². The highest BCUT2D eigenvalue weighted by Crippen LogP contribution is 2.34. The van der Waals surface area contributed by atoms with Crippen molar-refractivity contribution in [2.24, 2.45) is 5.73 Å². The minimum Gasteiger partial charge on any atom is -0.330 e. The quantitative estimate of drug-likeness (QED) is 0.857. The summed E-state index contributed by atoms with van der Waals surface area (Å²) in [5.74, 6) is 0.0191. The molecule has 0 saturated heterocycles. The molecule has 2 atom stereocenters. The molecule has 1 aromatic rings. The van der Waals surface area contributed by atoms with E-state index in [1.54, 1.807) is 13.1 Å². The van der Waals surface area contributed by atoms with Crippen molar-refractivity contribution < 1.29 is 4.79 Å². The Kier molecular flexibility index (Phi) is 3.43. The van der Waals surface area contributed by atoms with Gasteiger partial charge >= 0.3 is 0 Å². The van der Waals surface area contributed by atoms with Gasteiger partial charge in [0.25, 0.3) is 0 Å². The highest BCUT2D eigenvalue weighted by atomic mass is 16.2. The molecule has 4 heteroatoms. The Hall–Kier alpha value is -1.42. The van der Waals surface area contributed by atoms with Crippen LogP contribution in [0, 0.1) is 0 Å². The second kappa shape index (κ2) is 4.84. The molecular weight excluding hydrogens is 214 g/mol. The van der Waals surface area contributed by atoms with E-state index in [1.165, 1.54) is 0 Å². The molecule has 1 fully saturated rings. The van der Waals surface area contributed by atoms with Gasteiger partial charge in [-0.1, -0.05) is 6.07 Å². The van der Waals surface area contributed by atoms with Gasteiger partial charge in [-0.2, -0.15) is 0 Å². The third-order valence-corrected chi connectivity index (χ3v) is 3.12. The molecule has 4 nitrogen and oxygen atoms in total. The molecule has 0 aliphatic heterocycles. The van der Waals surface area contributed by atoms with Crippen LogP contribution in [0.4, 0.5) is 0 Å². The Morgan fingerprint density at radius 3 is 2.65 bits per heavy atom. The second-order valence-electron chi connectivity index (χ2n) is 4.70. The van der Waals surface area contributed by atoms with Crippen LogP contribution in [0.15, 0.2) is 24.4 Å². The maximum Gasteiger partial charge on any atom is 0.240 e. The smallest absolute Gasteiger partial charge is 0.240 e. The van der Waals surface area contributed by atoms with Gasteiger partial charge < -0.3 is 10.6 Å². The summed E-state index contributed by atoms with van der Waals surface area (Å²) < 4.78 is 0. The molecule has 1 aliphatic carbocycles. The van der Waals surface area contributed by atoms with E-state index in [-0.39, 0.29) is 11.9 Å². The zero-order valence-electron chi connectivity index (χ0n) is 10.3. The summed E-state index contributed by atoms with van der Waals surface area (Å²) in [6.45, 7) is 3.75. The van der Waals surface area contributed by atoms with Gasteiger partial charge in [0.2, 0.25) is 5.91 Å². The van der Waals surface area contributed by atoms with Crippen molar-refractivity contribution in [1.82, 2.24) is 9.88 Å². The molecule has 1 unspecified atom stereocenters. The molecule has 92 valence electrons. The van der Waals surface area contributed by atoms with E-state index in [0.717, 1.165) is 18.5 Å². The normalized spacial score (nSPS) is 18.5. The van der Waals surface area contributed by atoms with Crippen molar-refractivity contribution >= 4 is 5.91 Å². The number of pyridine rings is 1. The molecule has 0 spiro atoms. The van der Waals surface area contributed by atoms with Crippen LogP contribution in [-0.2, 0) is 4.79 Å². The molecule has 0 aromatic carbocycles. The lowest BCUT2D eigenvalue weighted by molar-refractivity contribution is -0.135. The number of carbonyl (C=O) groups excluding carboxylic acids is 1. The topological polar surface area (TPSA) is 59.2 Å². The van der Waals surface area contributed by atoms with Gasteiger partial charge in [0.05, 0.1) is 17.8 Å². The van der Waals surface area contributed by atoms with Crippen LogP contribution < -0.4 is 5.73 Å². The predicted octanol–water partition coefficient (Wildman–Crippen LogP) is 1.48. The molecule has 1 heterocycles. The van der Waals surface area contributed by atoms with E-state index in [0.29, 0.717) is 6.04 Å². The maximum absolute atomic E-state index is 12.1. The predicted molar refractivity (Wildman–Crippen MR) is 66.2 cm³/mol. The molecule has 1 amide bonds. The summed E-state index contributed by atoms with van der Waals surface area (Å²) >= 11 is 0. The molecule has 2 N–H and O–H groups in total. The summed E-state index contributed by atoms with van der Waals surface area (Å²) in [7, 11) is 0. The highest BCUT2D eigenvalue weighted by Gasteiger charge is 2.37. The van der Waals surface area contributed by atoms with Crippen LogP contribution in [0.1, 0.15) is 38.4 Å². The summed E-state index contributed by atoms with van der Waals surface area (Å²) in [6, 6.07) is 5.69. The van der Waals surface area contributed by atoms with Crippen molar-refractivity contribution in [3.8, 4) is 0 Å². The fourth-order valence-electron chi connectivity index (χ4n) is 2.04. The largest absolute Gasteiger partial charge is 0.330 e. The fraction of sp³-hybridized carbons (Fsp3) is 0.538. The van der Waals surface area contributed by atoms with Gasteiger partial charge in [0.1, 0.15) is 0 Å². The van der Waals surface area contributed by atoms with Gasteiger partial charge in [-0.25, -0.2) is 0 Å². The van der Waals surface area contributed by atoms with E-state index in [9.17, 15) is 4.79 Å². The van der Waals surface area contributed by atoms with Crippen molar-refractivity contribution in [1.29, 1.82) is 0 Å². The second-order valence-corrected chi connectivity index (χ2v) is 4.70. The Labute approximate surface area is 102 Å². The average molecular weight is 233 g/mol. The van der Waals surface area contributed by atoms with Crippen LogP contribution in [0.25, 0.3) is 0 Å². The number of rotatable bonds is 4. The number of amides is 1. The minimum atomic E-state index is -0.443. The number of nitrogens with two attached hydrogens (primary N) is 1. The number of aromatic nitrogens is 1. The number of nitrogens with zero attached hydrogens (tertiary/aromatic N) is 2. The third-order valence-electron chi connectivity index (χ3n) is 3.12. The van der Waals surface area contributed by atoms with E-state index in [2.05, 4.69) is 4.98 Å². The summed E-state index contributed by atoms with van der Waals surface area (Å²) in [6.07, 6.45) is 3.92. The van der Waals surface area contributed by atoms with Crippen molar-refractivity contribution in [3.05, 3.63) is 30.1 Å². The molecule has 2 rings (SSSR count).